The van der Waals surface area contributed by atoms with Crippen LogP contribution in [0.5, 0.6) is 0 Å². The molecule has 0 bridgehead atoms. The number of rotatable bonds is 8. The minimum atomic E-state index is -3.51. The zero-order chi connectivity index (χ0) is 22.8. The first kappa shape index (κ1) is 23.7. The van der Waals surface area contributed by atoms with Gasteiger partial charge in [0.2, 0.25) is 15.9 Å². The van der Waals surface area contributed by atoms with Crippen molar-refractivity contribution in [3.05, 3.63) is 40.7 Å². The lowest BCUT2D eigenvalue weighted by molar-refractivity contribution is -0.118. The largest absolute Gasteiger partial charge is 0.312 e. The van der Waals surface area contributed by atoms with Gasteiger partial charge in [-0.25, -0.2) is 18.4 Å². The highest BCUT2D eigenvalue weighted by Gasteiger charge is 2.28. The van der Waals surface area contributed by atoms with Crippen LogP contribution in [0.3, 0.4) is 0 Å². The Kier molecular flexibility index (Phi) is 7.39. The van der Waals surface area contributed by atoms with E-state index in [2.05, 4.69) is 9.97 Å². The lowest BCUT2D eigenvalue weighted by Crippen LogP contribution is -2.31. The summed E-state index contributed by atoms with van der Waals surface area (Å²) in [5.41, 5.74) is 4.56. The van der Waals surface area contributed by atoms with Crippen molar-refractivity contribution < 1.29 is 13.2 Å². The third-order valence-electron chi connectivity index (χ3n) is 5.76. The first-order valence-corrected chi connectivity index (χ1v) is 13.2. The molecule has 9 heteroatoms. The molecule has 2 aromatic rings. The molecule has 0 saturated carbocycles. The van der Waals surface area contributed by atoms with Crippen LogP contribution >= 0.6 is 11.8 Å². The van der Waals surface area contributed by atoms with Gasteiger partial charge in [-0.15, -0.1) is 0 Å². The Bertz CT molecular complexity index is 1060. The minimum Gasteiger partial charge on any atom is -0.312 e. The first-order chi connectivity index (χ1) is 14.7. The van der Waals surface area contributed by atoms with Crippen LogP contribution in [-0.4, -0.2) is 54.5 Å². The molecule has 31 heavy (non-hydrogen) atoms. The normalized spacial score (nSPS) is 13.7. The van der Waals surface area contributed by atoms with Gasteiger partial charge >= 0.3 is 0 Å². The second kappa shape index (κ2) is 9.67. The third-order valence-corrected chi connectivity index (χ3v) is 8.36. The van der Waals surface area contributed by atoms with Crippen molar-refractivity contribution >= 4 is 33.4 Å². The van der Waals surface area contributed by atoms with Gasteiger partial charge in [-0.3, -0.25) is 4.79 Å². The van der Waals surface area contributed by atoms with Crippen molar-refractivity contribution in [3.63, 3.8) is 0 Å². The zero-order valence-corrected chi connectivity index (χ0v) is 20.4. The number of fused-ring (bicyclic) bond motifs is 1. The van der Waals surface area contributed by atoms with Crippen molar-refractivity contribution in [1.82, 2.24) is 14.3 Å². The van der Waals surface area contributed by atoms with Gasteiger partial charge in [-0.1, -0.05) is 25.6 Å². The van der Waals surface area contributed by atoms with E-state index in [0.717, 1.165) is 33.4 Å². The molecule has 3 rings (SSSR count). The fourth-order valence-electron chi connectivity index (χ4n) is 4.04. The number of hydrogen-bond acceptors (Lipinski definition) is 6. The van der Waals surface area contributed by atoms with Gasteiger partial charge in [-0.05, 0) is 62.3 Å². The van der Waals surface area contributed by atoms with E-state index in [1.807, 2.05) is 34.0 Å². The van der Waals surface area contributed by atoms with E-state index in [-0.39, 0.29) is 5.91 Å². The van der Waals surface area contributed by atoms with E-state index >= 15 is 0 Å². The van der Waals surface area contributed by atoms with Crippen LogP contribution in [0.1, 0.15) is 42.8 Å². The van der Waals surface area contributed by atoms with Gasteiger partial charge in [0, 0.05) is 43.1 Å². The third kappa shape index (κ3) is 4.78. The molecule has 0 unspecified atom stereocenters. The van der Waals surface area contributed by atoms with Crippen LogP contribution in [-0.2, 0) is 27.7 Å². The van der Waals surface area contributed by atoms with E-state index in [4.69, 9.17) is 0 Å². The average molecular weight is 463 g/mol. The highest BCUT2D eigenvalue weighted by atomic mass is 32.2. The molecule has 0 atom stereocenters. The summed E-state index contributed by atoms with van der Waals surface area (Å²) >= 11 is 1.51. The molecule has 7 nitrogen and oxygen atoms in total. The van der Waals surface area contributed by atoms with Crippen molar-refractivity contribution in [2.45, 2.75) is 57.0 Å². The molecule has 0 fully saturated rings. The molecule has 0 aliphatic carbocycles. The highest BCUT2D eigenvalue weighted by molar-refractivity contribution is 7.98. The second-order valence-corrected chi connectivity index (χ2v) is 10.2. The summed E-state index contributed by atoms with van der Waals surface area (Å²) in [5, 5.41) is 0.744. The first-order valence-electron chi connectivity index (χ1n) is 10.5. The van der Waals surface area contributed by atoms with E-state index in [1.54, 1.807) is 23.1 Å². The monoisotopic (exact) mass is 462 g/mol. The van der Waals surface area contributed by atoms with Crippen molar-refractivity contribution in [1.29, 1.82) is 0 Å². The Morgan fingerprint density at radius 3 is 2.39 bits per heavy atom. The molecule has 0 radical (unpaired) electrons. The molecule has 1 aromatic heterocycles. The quantitative estimate of drug-likeness (QED) is 0.442. The summed E-state index contributed by atoms with van der Waals surface area (Å²) in [6.07, 6.45) is 3.56. The number of aromatic nitrogens is 2. The van der Waals surface area contributed by atoms with Gasteiger partial charge in [0.25, 0.3) is 0 Å². The molecule has 1 aromatic carbocycles. The molecule has 1 aliphatic rings. The summed E-state index contributed by atoms with van der Waals surface area (Å²) in [4.78, 5) is 24.0. The maximum absolute atomic E-state index is 13.0. The highest BCUT2D eigenvalue weighted by Crippen LogP contribution is 2.32. The molecule has 168 valence electrons. The van der Waals surface area contributed by atoms with Gasteiger partial charge < -0.3 is 4.90 Å². The molecule has 0 saturated heterocycles. The lowest BCUT2D eigenvalue weighted by atomic mass is 10.1. The number of thioether (sulfide) groups is 1. The molecule has 1 aliphatic heterocycles. The summed E-state index contributed by atoms with van der Waals surface area (Å²) in [5.74, 6) is 0.0332. The topological polar surface area (TPSA) is 83.5 Å². The van der Waals surface area contributed by atoms with Gasteiger partial charge in [0.15, 0.2) is 5.16 Å². The zero-order valence-electron chi connectivity index (χ0n) is 18.8. The number of hydrogen-bond donors (Lipinski definition) is 0. The SMILES string of the molecule is CCN(CC)S(=O)(=O)c1ccc2c(c1)CCN2C(=O)CCc1c(C)nc(SC)nc1C. The fourth-order valence-corrected chi connectivity index (χ4v) is 6.00. The Morgan fingerprint density at radius 2 is 1.81 bits per heavy atom. The Morgan fingerprint density at radius 1 is 1.16 bits per heavy atom. The molecule has 0 spiro atoms. The number of benzene rings is 1. The smallest absolute Gasteiger partial charge is 0.243 e. The maximum atomic E-state index is 13.0. The van der Waals surface area contributed by atoms with Crippen LogP contribution in [0.15, 0.2) is 28.3 Å². The van der Waals surface area contributed by atoms with Gasteiger partial charge in [0.05, 0.1) is 4.90 Å². The number of carbonyl (C=O) groups is 1. The molecule has 0 N–H and O–H groups in total. The predicted octanol–water partition coefficient (Wildman–Crippen LogP) is 3.37. The van der Waals surface area contributed by atoms with Gasteiger partial charge in [0.1, 0.15) is 0 Å². The van der Waals surface area contributed by atoms with E-state index in [1.165, 1.54) is 16.1 Å². The summed E-state index contributed by atoms with van der Waals surface area (Å²) in [6.45, 7) is 9.01. The molecular formula is C22H30N4O3S2. The average Bonchev–Trinajstić information content (AvgIpc) is 3.17. The van der Waals surface area contributed by atoms with Crippen LogP contribution < -0.4 is 4.90 Å². The predicted molar refractivity (Wildman–Crippen MR) is 124 cm³/mol. The summed E-state index contributed by atoms with van der Waals surface area (Å²) in [7, 11) is -3.51. The number of anilines is 1. The minimum absolute atomic E-state index is 0.0332. The summed E-state index contributed by atoms with van der Waals surface area (Å²) in [6, 6.07) is 5.10. The number of amides is 1. The van der Waals surface area contributed by atoms with Crippen LogP contribution in [0.2, 0.25) is 0 Å². The Balaban J connectivity index is 1.76. The molecular weight excluding hydrogens is 432 g/mol. The summed E-state index contributed by atoms with van der Waals surface area (Å²) < 4.78 is 27.1. The number of aryl methyl sites for hydroxylation is 2. The van der Waals surface area contributed by atoms with Gasteiger partial charge in [-0.2, -0.15) is 4.31 Å². The second-order valence-electron chi connectivity index (χ2n) is 7.53. The fraction of sp³-hybridized carbons (Fsp3) is 0.500. The van der Waals surface area contributed by atoms with Crippen molar-refractivity contribution in [2.24, 2.45) is 0 Å². The molecule has 2 heterocycles. The number of carbonyl (C=O) groups excluding carboxylic acids is 1. The van der Waals surface area contributed by atoms with E-state index < -0.39 is 10.0 Å². The number of sulfonamides is 1. The van der Waals surface area contributed by atoms with Crippen molar-refractivity contribution in [2.75, 3.05) is 30.8 Å². The van der Waals surface area contributed by atoms with Crippen LogP contribution in [0.4, 0.5) is 5.69 Å². The lowest BCUT2D eigenvalue weighted by Gasteiger charge is -2.20. The Hall–Kier alpha value is -1.97. The standard InChI is InChI=1S/C22H30N4O3S2/c1-6-25(7-2)31(28,29)18-8-10-20-17(14-18)12-13-26(20)21(27)11-9-19-15(3)23-22(30-5)24-16(19)4/h8,10,14H,6-7,9,11-13H2,1-5H3. The van der Waals surface area contributed by atoms with Crippen LogP contribution in [0.25, 0.3) is 0 Å². The Labute approximate surface area is 189 Å². The van der Waals surface area contributed by atoms with E-state index in [9.17, 15) is 13.2 Å². The molecule has 1 amide bonds. The van der Waals surface area contributed by atoms with Crippen LogP contribution in [0, 0.1) is 13.8 Å². The van der Waals surface area contributed by atoms with Crippen molar-refractivity contribution in [3.8, 4) is 0 Å². The van der Waals surface area contributed by atoms with E-state index in [0.29, 0.717) is 43.8 Å². The number of nitrogens with zero attached hydrogens (tertiary/aromatic N) is 4. The maximum Gasteiger partial charge on any atom is 0.243 e.